The van der Waals surface area contributed by atoms with E-state index in [-0.39, 0.29) is 6.03 Å². The molecule has 0 saturated carbocycles. The van der Waals surface area contributed by atoms with Crippen LogP contribution in [0.4, 0.5) is 4.79 Å². The number of carbonyl (C=O) groups is 1. The van der Waals surface area contributed by atoms with Gasteiger partial charge in [0.25, 0.3) is 0 Å². The number of likely N-dealkylation sites (tertiary alicyclic amines) is 1. The third-order valence-corrected chi connectivity index (χ3v) is 5.25. The summed E-state index contributed by atoms with van der Waals surface area (Å²) in [7, 11) is 1.79. The lowest BCUT2D eigenvalue weighted by Gasteiger charge is -2.32. The number of urea groups is 1. The van der Waals surface area contributed by atoms with Gasteiger partial charge in [0.05, 0.1) is 17.6 Å². The topological polar surface area (TPSA) is 64.3 Å². The van der Waals surface area contributed by atoms with Gasteiger partial charge in [-0.15, -0.1) is 0 Å². The minimum Gasteiger partial charge on any atom is -0.340 e. The van der Waals surface area contributed by atoms with Crippen LogP contribution < -0.4 is 5.32 Å². The molecule has 1 aliphatic rings. The number of carbonyl (C=O) groups excluding carboxylic acids is 1. The van der Waals surface area contributed by atoms with Crippen LogP contribution in [0.1, 0.15) is 32.0 Å². The Morgan fingerprint density at radius 3 is 2.92 bits per heavy atom. The molecule has 6 nitrogen and oxygen atoms in total. The fraction of sp³-hybridized carbons (Fsp3) is 0.579. The monoisotopic (exact) mass is 377 g/mol. The average molecular weight is 378 g/mol. The van der Waals surface area contributed by atoms with E-state index in [1.165, 1.54) is 13.0 Å². The lowest BCUT2D eigenvalue weighted by atomic mass is 9.97. The van der Waals surface area contributed by atoms with Gasteiger partial charge >= 0.3 is 6.03 Å². The molecule has 2 aromatic rings. The summed E-state index contributed by atoms with van der Waals surface area (Å²) in [5.74, 6) is 1.33. The summed E-state index contributed by atoms with van der Waals surface area (Å²) in [6.45, 7) is 6.88. The average Bonchev–Trinajstić information content (AvgIpc) is 3.02. The van der Waals surface area contributed by atoms with Crippen molar-refractivity contribution in [1.82, 2.24) is 25.1 Å². The van der Waals surface area contributed by atoms with Crippen LogP contribution in [0.15, 0.2) is 18.2 Å². The van der Waals surface area contributed by atoms with Gasteiger partial charge in [-0.25, -0.2) is 9.78 Å². The predicted molar refractivity (Wildman–Crippen MR) is 105 cm³/mol. The van der Waals surface area contributed by atoms with Gasteiger partial charge in [-0.05, 0) is 63.0 Å². The Labute approximate surface area is 159 Å². The molecule has 0 atom stereocenters. The van der Waals surface area contributed by atoms with Gasteiger partial charge in [-0.2, -0.15) is 0 Å². The molecule has 1 aliphatic heterocycles. The number of nitrogens with one attached hydrogen (secondary N) is 2. The molecule has 1 saturated heterocycles. The van der Waals surface area contributed by atoms with Crippen molar-refractivity contribution < 1.29 is 4.79 Å². The van der Waals surface area contributed by atoms with Crippen molar-refractivity contribution in [3.63, 3.8) is 0 Å². The van der Waals surface area contributed by atoms with E-state index in [4.69, 9.17) is 11.6 Å². The summed E-state index contributed by atoms with van der Waals surface area (Å²) in [6, 6.07) is 5.48. The number of imidazole rings is 1. The smallest absolute Gasteiger partial charge is 0.317 e. The summed E-state index contributed by atoms with van der Waals surface area (Å²) in [6.07, 6.45) is 3.53. The van der Waals surface area contributed by atoms with Gasteiger partial charge < -0.3 is 20.1 Å². The largest absolute Gasteiger partial charge is 0.340 e. The summed E-state index contributed by atoms with van der Waals surface area (Å²) in [4.78, 5) is 24.3. The van der Waals surface area contributed by atoms with Crippen LogP contribution in [0.3, 0.4) is 0 Å². The van der Waals surface area contributed by atoms with Crippen LogP contribution in [0, 0.1) is 5.92 Å². The lowest BCUT2D eigenvalue weighted by Crippen LogP contribution is -2.42. The lowest BCUT2D eigenvalue weighted by molar-refractivity contribution is 0.175. The molecule has 7 heteroatoms. The van der Waals surface area contributed by atoms with Crippen LogP contribution >= 0.6 is 11.6 Å². The minimum atomic E-state index is -0.0560. The first-order chi connectivity index (χ1) is 12.5. The fourth-order valence-corrected chi connectivity index (χ4v) is 3.68. The van der Waals surface area contributed by atoms with Crippen molar-refractivity contribution >= 4 is 28.7 Å². The first kappa shape index (κ1) is 19.0. The number of nitrogens with zero attached hydrogens (tertiary/aromatic N) is 3. The highest BCUT2D eigenvalue weighted by molar-refractivity contribution is 6.31. The van der Waals surface area contributed by atoms with Crippen LogP contribution in [-0.4, -0.2) is 59.0 Å². The summed E-state index contributed by atoms with van der Waals surface area (Å²) in [5, 5.41) is 3.74. The Balaban J connectivity index is 1.45. The number of benzene rings is 1. The number of H-pyrrole nitrogens is 1. The number of hydrogen-bond donors (Lipinski definition) is 2. The second-order valence-corrected chi connectivity index (χ2v) is 7.61. The molecule has 2 N–H and O–H groups in total. The highest BCUT2D eigenvalue weighted by Crippen LogP contribution is 2.18. The van der Waals surface area contributed by atoms with E-state index in [9.17, 15) is 4.79 Å². The molecular weight excluding hydrogens is 350 g/mol. The Hall–Kier alpha value is -1.79. The first-order valence-corrected chi connectivity index (χ1v) is 9.78. The van der Waals surface area contributed by atoms with E-state index in [0.29, 0.717) is 17.5 Å². The highest BCUT2D eigenvalue weighted by atomic mass is 35.5. The number of rotatable bonds is 6. The van der Waals surface area contributed by atoms with Crippen molar-refractivity contribution in [2.75, 3.05) is 33.2 Å². The van der Waals surface area contributed by atoms with E-state index in [0.717, 1.165) is 49.3 Å². The molecule has 1 aromatic carbocycles. The maximum Gasteiger partial charge on any atom is 0.317 e. The van der Waals surface area contributed by atoms with Crippen molar-refractivity contribution in [3.05, 3.63) is 29.0 Å². The molecule has 142 valence electrons. The van der Waals surface area contributed by atoms with Gasteiger partial charge in [0.15, 0.2) is 0 Å². The van der Waals surface area contributed by atoms with E-state index in [2.05, 4.69) is 27.1 Å². The van der Waals surface area contributed by atoms with Gasteiger partial charge in [0.2, 0.25) is 0 Å². The van der Waals surface area contributed by atoms with E-state index >= 15 is 0 Å². The molecular formula is C19H28ClN5O. The first-order valence-electron chi connectivity index (χ1n) is 9.40. The van der Waals surface area contributed by atoms with Crippen LogP contribution in [-0.2, 0) is 6.54 Å². The Morgan fingerprint density at radius 2 is 2.19 bits per heavy atom. The molecule has 0 bridgehead atoms. The molecule has 0 aliphatic carbocycles. The molecule has 2 amide bonds. The Morgan fingerprint density at radius 1 is 1.42 bits per heavy atom. The number of piperidine rings is 1. The van der Waals surface area contributed by atoms with Gasteiger partial charge in [0.1, 0.15) is 5.82 Å². The number of fused-ring (bicyclic) bond motifs is 1. The second-order valence-electron chi connectivity index (χ2n) is 7.17. The Kier molecular flexibility index (Phi) is 6.38. The zero-order valence-electron chi connectivity index (χ0n) is 15.6. The van der Waals surface area contributed by atoms with Crippen LogP contribution in [0.25, 0.3) is 11.0 Å². The standard InChI is InChI=1S/C19H28ClN5O/c1-3-8-25-9-6-14(7-10-25)12-21-19(26)24(2)13-18-22-16-5-4-15(20)11-17(16)23-18/h4-5,11,14H,3,6-10,12-13H2,1-2H3,(H,21,26)(H,22,23). The second kappa shape index (κ2) is 8.73. The molecule has 0 spiro atoms. The zero-order valence-corrected chi connectivity index (χ0v) is 16.4. The van der Waals surface area contributed by atoms with Crippen LogP contribution in [0.2, 0.25) is 5.02 Å². The summed E-state index contributed by atoms with van der Waals surface area (Å²) in [5.41, 5.74) is 1.75. The Bertz CT molecular complexity index is 739. The number of halogens is 1. The molecule has 26 heavy (non-hydrogen) atoms. The highest BCUT2D eigenvalue weighted by Gasteiger charge is 2.20. The van der Waals surface area contributed by atoms with Crippen molar-refractivity contribution in [2.24, 2.45) is 5.92 Å². The molecule has 1 aromatic heterocycles. The number of amides is 2. The molecule has 1 fully saturated rings. The molecule has 2 heterocycles. The van der Waals surface area contributed by atoms with Gasteiger partial charge in [-0.3, -0.25) is 0 Å². The van der Waals surface area contributed by atoms with Crippen molar-refractivity contribution in [1.29, 1.82) is 0 Å². The maximum atomic E-state index is 12.4. The van der Waals surface area contributed by atoms with Crippen molar-refractivity contribution in [3.8, 4) is 0 Å². The van der Waals surface area contributed by atoms with E-state index in [1.807, 2.05) is 18.2 Å². The number of aromatic amines is 1. The van der Waals surface area contributed by atoms with E-state index in [1.54, 1.807) is 11.9 Å². The minimum absolute atomic E-state index is 0.0560. The quantitative estimate of drug-likeness (QED) is 0.810. The maximum absolute atomic E-state index is 12.4. The van der Waals surface area contributed by atoms with E-state index < -0.39 is 0 Å². The molecule has 3 rings (SSSR count). The number of aromatic nitrogens is 2. The number of hydrogen-bond acceptors (Lipinski definition) is 3. The third kappa shape index (κ3) is 4.89. The normalized spacial score (nSPS) is 16.1. The van der Waals surface area contributed by atoms with Crippen molar-refractivity contribution in [2.45, 2.75) is 32.7 Å². The fourth-order valence-electron chi connectivity index (χ4n) is 3.50. The van der Waals surface area contributed by atoms with Gasteiger partial charge in [0, 0.05) is 18.6 Å². The third-order valence-electron chi connectivity index (χ3n) is 5.02. The zero-order chi connectivity index (χ0) is 18.5. The van der Waals surface area contributed by atoms with Gasteiger partial charge in [-0.1, -0.05) is 18.5 Å². The SMILES string of the molecule is CCCN1CCC(CNC(=O)N(C)Cc2nc3ccc(Cl)cc3[nH]2)CC1. The summed E-state index contributed by atoms with van der Waals surface area (Å²) >= 11 is 6.00. The molecule has 0 radical (unpaired) electrons. The van der Waals surface area contributed by atoms with Crippen LogP contribution in [0.5, 0.6) is 0 Å². The summed E-state index contributed by atoms with van der Waals surface area (Å²) < 4.78 is 0. The molecule has 0 unspecified atom stereocenters. The predicted octanol–water partition coefficient (Wildman–Crippen LogP) is 3.48.